The first-order chi connectivity index (χ1) is 14.1. The number of aryl methyl sites for hydroxylation is 1. The van der Waals surface area contributed by atoms with Crippen molar-refractivity contribution in [3.05, 3.63) is 81.8 Å². The van der Waals surface area contributed by atoms with Crippen LogP contribution in [0, 0.1) is 13.8 Å². The van der Waals surface area contributed by atoms with E-state index in [1.165, 1.54) is 4.68 Å². The van der Waals surface area contributed by atoms with Gasteiger partial charge in [0.25, 0.3) is 11.5 Å². The summed E-state index contributed by atoms with van der Waals surface area (Å²) in [4.78, 5) is 25.8. The summed E-state index contributed by atoms with van der Waals surface area (Å²) in [5.41, 5.74) is 2.55. The second-order valence-corrected chi connectivity index (χ2v) is 9.27. The fourth-order valence-corrected chi connectivity index (χ4v) is 3.41. The number of hydrogen-bond donors (Lipinski definition) is 2. The van der Waals surface area contributed by atoms with Crippen LogP contribution in [0.15, 0.2) is 59.4 Å². The lowest BCUT2D eigenvalue weighted by molar-refractivity contribution is 0.0941. The van der Waals surface area contributed by atoms with E-state index in [4.69, 9.17) is 34.8 Å². The van der Waals surface area contributed by atoms with Crippen molar-refractivity contribution in [3.63, 3.8) is 0 Å². The number of para-hydroxylation sites is 1. The second-order valence-electron chi connectivity index (χ2n) is 6.90. The highest BCUT2D eigenvalue weighted by Crippen LogP contribution is 2.31. The molecule has 2 N–H and O–H groups in total. The Balaban J connectivity index is 1.95. The number of hydrogen-bond acceptors (Lipinski definition) is 3. The van der Waals surface area contributed by atoms with Gasteiger partial charge in [-0.1, -0.05) is 70.7 Å². The van der Waals surface area contributed by atoms with Crippen LogP contribution in [-0.2, 0) is 7.05 Å². The van der Waals surface area contributed by atoms with Crippen molar-refractivity contribution >= 4 is 46.4 Å². The highest BCUT2D eigenvalue weighted by Gasteiger charge is 2.36. The fourth-order valence-electron chi connectivity index (χ4n) is 3.08. The predicted molar refractivity (Wildman–Crippen MR) is 122 cm³/mol. The van der Waals surface area contributed by atoms with E-state index in [0.717, 1.165) is 5.56 Å². The zero-order valence-electron chi connectivity index (χ0n) is 16.6. The molecule has 3 rings (SSSR count). The molecule has 0 aliphatic rings. The van der Waals surface area contributed by atoms with Crippen molar-refractivity contribution in [1.82, 2.24) is 14.7 Å². The number of anilines is 1. The largest absolute Gasteiger partial charge is 0.356 e. The summed E-state index contributed by atoms with van der Waals surface area (Å²) in [7, 11) is 1.75. The molecule has 3 aromatic rings. The third-order valence-corrected chi connectivity index (χ3v) is 5.38. The normalized spacial score (nSPS) is 12.5. The second kappa shape index (κ2) is 8.76. The highest BCUT2D eigenvalue weighted by molar-refractivity contribution is 6.68. The van der Waals surface area contributed by atoms with E-state index in [1.54, 1.807) is 36.9 Å². The van der Waals surface area contributed by atoms with E-state index in [1.807, 2.05) is 43.3 Å². The molecular weight excluding hydrogens is 447 g/mol. The average Bonchev–Trinajstić information content (AvgIpc) is 2.90. The Kier molecular flexibility index (Phi) is 6.50. The molecule has 0 saturated carbocycles. The number of aromatic nitrogens is 2. The van der Waals surface area contributed by atoms with Gasteiger partial charge in [-0.05, 0) is 38.1 Å². The first-order valence-corrected chi connectivity index (χ1v) is 10.3. The molecule has 9 heteroatoms. The zero-order valence-corrected chi connectivity index (χ0v) is 18.9. The highest BCUT2D eigenvalue weighted by atomic mass is 35.6. The number of carbonyl (C=O) groups excluding carboxylic acids is 1. The van der Waals surface area contributed by atoms with Crippen LogP contribution in [0.25, 0.3) is 5.69 Å². The van der Waals surface area contributed by atoms with Crippen molar-refractivity contribution in [3.8, 4) is 5.69 Å². The van der Waals surface area contributed by atoms with Crippen LogP contribution in [0.3, 0.4) is 0 Å². The van der Waals surface area contributed by atoms with Gasteiger partial charge in [0.15, 0.2) is 0 Å². The molecule has 1 aromatic heterocycles. The number of alkyl halides is 3. The fraction of sp³-hybridized carbons (Fsp3) is 0.238. The molecule has 2 aromatic carbocycles. The number of benzene rings is 2. The minimum absolute atomic E-state index is 0.224. The monoisotopic (exact) mass is 466 g/mol. The summed E-state index contributed by atoms with van der Waals surface area (Å²) in [6.45, 7) is 3.64. The van der Waals surface area contributed by atoms with Gasteiger partial charge in [-0.15, -0.1) is 0 Å². The lowest BCUT2D eigenvalue weighted by Crippen LogP contribution is -2.49. The Morgan fingerprint density at radius 3 is 2.30 bits per heavy atom. The van der Waals surface area contributed by atoms with Gasteiger partial charge in [-0.25, -0.2) is 4.68 Å². The number of rotatable bonds is 5. The van der Waals surface area contributed by atoms with E-state index >= 15 is 0 Å². The van der Waals surface area contributed by atoms with Gasteiger partial charge >= 0.3 is 0 Å². The smallest absolute Gasteiger partial charge is 0.295 e. The van der Waals surface area contributed by atoms with Gasteiger partial charge in [0, 0.05) is 12.6 Å². The molecule has 1 atom stereocenters. The summed E-state index contributed by atoms with van der Waals surface area (Å²) < 4.78 is 1.28. The van der Waals surface area contributed by atoms with Crippen LogP contribution in [0.4, 0.5) is 5.69 Å². The van der Waals surface area contributed by atoms with E-state index in [9.17, 15) is 9.59 Å². The van der Waals surface area contributed by atoms with Crippen molar-refractivity contribution in [2.45, 2.75) is 23.8 Å². The Hall–Kier alpha value is -2.41. The van der Waals surface area contributed by atoms with Gasteiger partial charge in [-0.3, -0.25) is 14.3 Å². The third kappa shape index (κ3) is 4.67. The molecule has 158 valence electrons. The zero-order chi connectivity index (χ0) is 22.1. The number of amides is 1. The molecule has 0 aliphatic carbocycles. The van der Waals surface area contributed by atoms with Crippen LogP contribution in [0.5, 0.6) is 0 Å². The van der Waals surface area contributed by atoms with Crippen LogP contribution >= 0.6 is 34.8 Å². The van der Waals surface area contributed by atoms with Gasteiger partial charge in [-0.2, -0.15) is 0 Å². The Bertz CT molecular complexity index is 1120. The van der Waals surface area contributed by atoms with Crippen molar-refractivity contribution < 1.29 is 4.79 Å². The first-order valence-electron chi connectivity index (χ1n) is 9.14. The molecule has 1 unspecified atom stereocenters. The number of halogens is 3. The quantitative estimate of drug-likeness (QED) is 0.433. The topological polar surface area (TPSA) is 68.1 Å². The Labute approximate surface area is 189 Å². The maximum absolute atomic E-state index is 13.1. The average molecular weight is 468 g/mol. The summed E-state index contributed by atoms with van der Waals surface area (Å²) in [5, 5.41) is 5.59. The lowest BCUT2D eigenvalue weighted by Gasteiger charge is -2.27. The van der Waals surface area contributed by atoms with Crippen molar-refractivity contribution in [2.75, 3.05) is 5.32 Å². The predicted octanol–water partition coefficient (Wildman–Crippen LogP) is 4.33. The van der Waals surface area contributed by atoms with E-state index in [0.29, 0.717) is 16.9 Å². The van der Waals surface area contributed by atoms with Crippen LogP contribution < -0.4 is 16.2 Å². The Morgan fingerprint density at radius 1 is 1.03 bits per heavy atom. The summed E-state index contributed by atoms with van der Waals surface area (Å²) in [5.74, 6) is -0.431. The molecule has 1 amide bonds. The lowest BCUT2D eigenvalue weighted by atomic mass is 10.1. The minimum Gasteiger partial charge on any atom is -0.356 e. The first kappa shape index (κ1) is 22.3. The number of carbonyl (C=O) groups is 1. The molecule has 0 saturated heterocycles. The van der Waals surface area contributed by atoms with Gasteiger partial charge < -0.3 is 10.6 Å². The van der Waals surface area contributed by atoms with Crippen molar-refractivity contribution in [1.29, 1.82) is 0 Å². The molecule has 1 heterocycles. The molecule has 6 nitrogen and oxygen atoms in total. The molecular formula is C21H21Cl3N4O2. The summed E-state index contributed by atoms with van der Waals surface area (Å²) >= 11 is 18.4. The van der Waals surface area contributed by atoms with Gasteiger partial charge in [0.05, 0.1) is 11.4 Å². The van der Waals surface area contributed by atoms with Crippen LogP contribution in [0.2, 0.25) is 0 Å². The summed E-state index contributed by atoms with van der Waals surface area (Å²) in [6, 6.07) is 16.2. The summed E-state index contributed by atoms with van der Waals surface area (Å²) in [6.07, 6.45) is -1.14. The molecule has 0 spiro atoms. The van der Waals surface area contributed by atoms with Gasteiger partial charge in [0.1, 0.15) is 11.9 Å². The maximum atomic E-state index is 13.1. The minimum atomic E-state index is -1.91. The molecule has 0 fully saturated rings. The molecule has 0 aliphatic heterocycles. The standard InChI is InChI=1S/C21H21Cl3N4O2/c1-13-8-7-9-15(12-13)18(29)26-20(21(22,23)24)25-17-14(2)27(3)28(19(17)30)16-10-5-4-6-11-16/h4-12,20,25H,1-3H3,(H,26,29). The molecule has 30 heavy (non-hydrogen) atoms. The maximum Gasteiger partial charge on any atom is 0.295 e. The third-order valence-electron chi connectivity index (χ3n) is 4.73. The molecule has 0 bridgehead atoms. The number of nitrogens with zero attached hydrogens (tertiary/aromatic N) is 2. The van der Waals surface area contributed by atoms with E-state index < -0.39 is 15.9 Å². The molecule has 0 radical (unpaired) electrons. The van der Waals surface area contributed by atoms with E-state index in [2.05, 4.69) is 10.6 Å². The van der Waals surface area contributed by atoms with Crippen molar-refractivity contribution in [2.24, 2.45) is 7.05 Å². The van der Waals surface area contributed by atoms with Crippen LogP contribution in [-0.4, -0.2) is 25.2 Å². The van der Waals surface area contributed by atoms with Gasteiger partial charge in [0.2, 0.25) is 3.79 Å². The van der Waals surface area contributed by atoms with Crippen LogP contribution in [0.1, 0.15) is 21.6 Å². The van der Waals surface area contributed by atoms with E-state index in [-0.39, 0.29) is 11.2 Å². The SMILES string of the molecule is Cc1cccc(C(=O)NC(Nc2c(C)n(C)n(-c3ccccc3)c2=O)C(Cl)(Cl)Cl)c1. The number of nitrogens with one attached hydrogen (secondary N) is 2. The Morgan fingerprint density at radius 2 is 1.70 bits per heavy atom.